The summed E-state index contributed by atoms with van der Waals surface area (Å²) >= 11 is 3.33. The zero-order valence-corrected chi connectivity index (χ0v) is 18.8. The second-order valence-corrected chi connectivity index (χ2v) is 8.03. The van der Waals surface area contributed by atoms with E-state index in [1.54, 1.807) is 72.9 Å². The maximum absolute atomic E-state index is 13.1. The average Bonchev–Trinajstić information content (AvgIpc) is 2.84. The van der Waals surface area contributed by atoms with Gasteiger partial charge in [0.05, 0.1) is 11.3 Å². The molecule has 0 saturated carbocycles. The van der Waals surface area contributed by atoms with Crippen LogP contribution in [-0.4, -0.2) is 18.0 Å². The molecule has 0 aliphatic heterocycles. The highest BCUT2D eigenvalue weighted by Gasteiger charge is 2.10. The van der Waals surface area contributed by atoms with E-state index in [1.807, 2.05) is 6.07 Å². The Balaban J connectivity index is 1.43. The standard InChI is InChI=1S/C27H17BrFNO3/c28-22-5-1-4-21(15-22)27(32)33-25-13-7-18(8-14-25)17-30-24-6-2-3-20(16-24)26(31)19-9-11-23(29)12-10-19/h1-17H. The van der Waals surface area contributed by atoms with Crippen molar-refractivity contribution in [3.63, 3.8) is 0 Å². The molecule has 0 saturated heterocycles. The molecule has 162 valence electrons. The molecule has 33 heavy (non-hydrogen) atoms. The van der Waals surface area contributed by atoms with E-state index in [-0.39, 0.29) is 11.6 Å². The number of ketones is 1. The van der Waals surface area contributed by atoms with Crippen LogP contribution in [-0.2, 0) is 0 Å². The summed E-state index contributed by atoms with van der Waals surface area (Å²) in [6.07, 6.45) is 1.65. The van der Waals surface area contributed by atoms with Crippen molar-refractivity contribution >= 4 is 39.6 Å². The van der Waals surface area contributed by atoms with Crippen LogP contribution < -0.4 is 4.74 Å². The van der Waals surface area contributed by atoms with Gasteiger partial charge in [-0.05, 0) is 84.4 Å². The number of carbonyl (C=O) groups excluding carboxylic acids is 2. The number of ether oxygens (including phenoxy) is 1. The Hall–Kier alpha value is -3.90. The van der Waals surface area contributed by atoms with Gasteiger partial charge in [-0.15, -0.1) is 0 Å². The van der Waals surface area contributed by atoms with Crippen LogP contribution in [0.2, 0.25) is 0 Å². The minimum Gasteiger partial charge on any atom is -0.423 e. The predicted molar refractivity (Wildman–Crippen MR) is 129 cm³/mol. The van der Waals surface area contributed by atoms with Crippen LogP contribution in [0.3, 0.4) is 0 Å². The minimum atomic E-state index is -0.444. The first-order valence-corrected chi connectivity index (χ1v) is 10.8. The van der Waals surface area contributed by atoms with Crippen LogP contribution in [0.25, 0.3) is 0 Å². The van der Waals surface area contributed by atoms with Gasteiger partial charge in [-0.2, -0.15) is 0 Å². The summed E-state index contributed by atoms with van der Waals surface area (Å²) in [7, 11) is 0. The van der Waals surface area contributed by atoms with Crippen molar-refractivity contribution < 1.29 is 18.7 Å². The smallest absolute Gasteiger partial charge is 0.343 e. The molecule has 0 aliphatic carbocycles. The first-order chi connectivity index (χ1) is 16.0. The molecule has 0 amide bonds. The Kier molecular flexibility index (Phi) is 6.86. The monoisotopic (exact) mass is 501 g/mol. The van der Waals surface area contributed by atoms with Gasteiger partial charge in [0, 0.05) is 21.8 Å². The molecule has 0 radical (unpaired) electrons. The summed E-state index contributed by atoms with van der Waals surface area (Å²) in [6.45, 7) is 0. The van der Waals surface area contributed by atoms with Gasteiger partial charge in [-0.1, -0.05) is 34.1 Å². The molecule has 4 aromatic rings. The van der Waals surface area contributed by atoms with E-state index >= 15 is 0 Å². The van der Waals surface area contributed by atoms with E-state index in [0.29, 0.717) is 28.1 Å². The first kappa shape index (κ1) is 22.3. The maximum Gasteiger partial charge on any atom is 0.343 e. The second-order valence-electron chi connectivity index (χ2n) is 7.11. The van der Waals surface area contributed by atoms with Crippen molar-refractivity contribution in [2.45, 2.75) is 0 Å². The molecule has 0 aliphatic rings. The number of halogens is 2. The van der Waals surface area contributed by atoms with Crippen LogP contribution in [0, 0.1) is 5.82 Å². The third kappa shape index (κ3) is 5.87. The van der Waals surface area contributed by atoms with Gasteiger partial charge in [0.2, 0.25) is 0 Å². The zero-order valence-electron chi connectivity index (χ0n) is 17.2. The fourth-order valence-electron chi connectivity index (χ4n) is 3.05. The summed E-state index contributed by atoms with van der Waals surface area (Å²) in [4.78, 5) is 29.3. The molecule has 0 heterocycles. The summed E-state index contributed by atoms with van der Waals surface area (Å²) in [5, 5.41) is 0. The van der Waals surface area contributed by atoms with E-state index in [9.17, 15) is 14.0 Å². The lowest BCUT2D eigenvalue weighted by atomic mass is 10.0. The van der Waals surface area contributed by atoms with Crippen molar-refractivity contribution in [1.82, 2.24) is 0 Å². The molecule has 0 fully saturated rings. The van der Waals surface area contributed by atoms with Crippen molar-refractivity contribution in [3.8, 4) is 5.75 Å². The summed E-state index contributed by atoms with van der Waals surface area (Å²) in [5.74, 6) is -0.619. The Morgan fingerprint density at radius 3 is 2.21 bits per heavy atom. The second kappa shape index (κ2) is 10.1. The van der Waals surface area contributed by atoms with Crippen LogP contribution >= 0.6 is 15.9 Å². The highest BCUT2D eigenvalue weighted by atomic mass is 79.9. The fraction of sp³-hybridized carbons (Fsp3) is 0. The molecule has 4 rings (SSSR count). The van der Waals surface area contributed by atoms with Gasteiger partial charge >= 0.3 is 5.97 Å². The lowest BCUT2D eigenvalue weighted by molar-refractivity contribution is 0.0734. The van der Waals surface area contributed by atoms with E-state index in [1.165, 1.54) is 24.3 Å². The number of hydrogen-bond donors (Lipinski definition) is 0. The number of aliphatic imine (C=N–C) groups is 1. The van der Waals surface area contributed by atoms with Crippen LogP contribution in [0.1, 0.15) is 31.8 Å². The van der Waals surface area contributed by atoms with Crippen molar-refractivity contribution in [2.24, 2.45) is 4.99 Å². The highest BCUT2D eigenvalue weighted by molar-refractivity contribution is 9.10. The van der Waals surface area contributed by atoms with Gasteiger partial charge in [0.25, 0.3) is 0 Å². The number of benzene rings is 4. The number of rotatable bonds is 6. The molecule has 4 aromatic carbocycles. The van der Waals surface area contributed by atoms with Gasteiger partial charge < -0.3 is 4.74 Å². The molecule has 0 N–H and O–H groups in total. The zero-order chi connectivity index (χ0) is 23.2. The predicted octanol–water partition coefficient (Wildman–Crippen LogP) is 6.79. The minimum absolute atomic E-state index is 0.205. The first-order valence-electron chi connectivity index (χ1n) is 10.0. The molecule has 0 aromatic heterocycles. The normalized spacial score (nSPS) is 10.8. The summed E-state index contributed by atoms with van der Waals surface area (Å²) in [6, 6.07) is 26.2. The quantitative estimate of drug-likeness (QED) is 0.126. The summed E-state index contributed by atoms with van der Waals surface area (Å²) < 4.78 is 19.3. The lowest BCUT2D eigenvalue weighted by Crippen LogP contribution is -2.08. The number of hydrogen-bond acceptors (Lipinski definition) is 4. The van der Waals surface area contributed by atoms with E-state index in [0.717, 1.165) is 10.0 Å². The Morgan fingerprint density at radius 1 is 0.788 bits per heavy atom. The van der Waals surface area contributed by atoms with Crippen LogP contribution in [0.4, 0.5) is 10.1 Å². The Bertz CT molecular complexity index is 1330. The van der Waals surface area contributed by atoms with Gasteiger partial charge in [0.1, 0.15) is 11.6 Å². The molecule has 0 spiro atoms. The van der Waals surface area contributed by atoms with Crippen LogP contribution in [0.5, 0.6) is 5.75 Å². The molecular formula is C27H17BrFNO3. The van der Waals surface area contributed by atoms with Crippen molar-refractivity contribution in [1.29, 1.82) is 0 Å². The van der Waals surface area contributed by atoms with Crippen LogP contribution in [0.15, 0.2) is 107 Å². The average molecular weight is 502 g/mol. The number of nitrogens with zero attached hydrogens (tertiary/aromatic N) is 1. The molecule has 0 bridgehead atoms. The SMILES string of the molecule is O=C(Oc1ccc(C=Nc2cccc(C(=O)c3ccc(F)cc3)c2)cc1)c1cccc(Br)c1. The van der Waals surface area contributed by atoms with E-state index < -0.39 is 5.97 Å². The van der Waals surface area contributed by atoms with Gasteiger partial charge in [-0.3, -0.25) is 9.79 Å². The molecule has 6 heteroatoms. The van der Waals surface area contributed by atoms with Crippen molar-refractivity contribution in [2.75, 3.05) is 0 Å². The maximum atomic E-state index is 13.1. The highest BCUT2D eigenvalue weighted by Crippen LogP contribution is 2.19. The number of esters is 1. The number of carbonyl (C=O) groups is 2. The molecule has 0 atom stereocenters. The fourth-order valence-corrected chi connectivity index (χ4v) is 3.45. The lowest BCUT2D eigenvalue weighted by Gasteiger charge is -2.05. The van der Waals surface area contributed by atoms with E-state index in [2.05, 4.69) is 20.9 Å². The Morgan fingerprint density at radius 2 is 1.48 bits per heavy atom. The Labute approximate surface area is 198 Å². The van der Waals surface area contributed by atoms with Gasteiger partial charge in [-0.25, -0.2) is 9.18 Å². The molecule has 4 nitrogen and oxygen atoms in total. The third-order valence-corrected chi connectivity index (χ3v) is 5.22. The topological polar surface area (TPSA) is 55.7 Å². The molecule has 0 unspecified atom stereocenters. The summed E-state index contributed by atoms with van der Waals surface area (Å²) in [5.41, 5.74) is 2.72. The van der Waals surface area contributed by atoms with E-state index in [4.69, 9.17) is 4.74 Å². The largest absolute Gasteiger partial charge is 0.423 e. The van der Waals surface area contributed by atoms with Gasteiger partial charge in [0.15, 0.2) is 5.78 Å². The third-order valence-electron chi connectivity index (χ3n) is 4.73. The molecular weight excluding hydrogens is 485 g/mol. The van der Waals surface area contributed by atoms with Crippen molar-refractivity contribution in [3.05, 3.63) is 130 Å².